The lowest BCUT2D eigenvalue weighted by Crippen LogP contribution is -2.38. The Morgan fingerprint density at radius 2 is 2.28 bits per heavy atom. The summed E-state index contributed by atoms with van der Waals surface area (Å²) in [5, 5.41) is 14.6. The first-order valence-corrected chi connectivity index (χ1v) is 5.92. The van der Waals surface area contributed by atoms with Gasteiger partial charge in [-0.15, -0.1) is 0 Å². The van der Waals surface area contributed by atoms with Gasteiger partial charge in [0.25, 0.3) is 0 Å². The molecule has 1 aromatic rings. The van der Waals surface area contributed by atoms with Crippen LogP contribution in [0.5, 0.6) is 0 Å². The Bertz CT molecular complexity index is 465. The smallest absolute Gasteiger partial charge is 0.242 e. The van der Waals surface area contributed by atoms with E-state index < -0.39 is 6.04 Å². The molecule has 0 bridgehead atoms. The zero-order valence-corrected chi connectivity index (χ0v) is 10.7. The maximum atomic E-state index is 11.7. The van der Waals surface area contributed by atoms with E-state index in [1.165, 1.54) is 0 Å². The molecule has 1 unspecified atom stereocenters. The Kier molecular flexibility index (Phi) is 5.00. The van der Waals surface area contributed by atoms with Crippen molar-refractivity contribution in [2.75, 3.05) is 17.6 Å². The molecule has 0 aliphatic carbocycles. The van der Waals surface area contributed by atoms with Gasteiger partial charge in [0, 0.05) is 6.54 Å². The van der Waals surface area contributed by atoms with Gasteiger partial charge in [-0.2, -0.15) is 5.26 Å². The molecule has 0 aliphatic heterocycles. The van der Waals surface area contributed by atoms with Crippen molar-refractivity contribution in [3.8, 4) is 6.07 Å². The zero-order valence-electron chi connectivity index (χ0n) is 10.7. The third-order valence-electron chi connectivity index (χ3n) is 2.50. The van der Waals surface area contributed by atoms with Gasteiger partial charge in [0.15, 0.2) is 0 Å². The average molecular weight is 246 g/mol. The van der Waals surface area contributed by atoms with Crippen LogP contribution in [0.4, 0.5) is 11.4 Å². The van der Waals surface area contributed by atoms with E-state index in [0.29, 0.717) is 23.5 Å². The molecular weight excluding hydrogens is 228 g/mol. The van der Waals surface area contributed by atoms with E-state index in [1.54, 1.807) is 25.1 Å². The van der Waals surface area contributed by atoms with Crippen molar-refractivity contribution >= 4 is 17.3 Å². The van der Waals surface area contributed by atoms with Crippen molar-refractivity contribution in [3.05, 3.63) is 23.8 Å². The highest BCUT2D eigenvalue weighted by atomic mass is 16.2. The number of anilines is 2. The van der Waals surface area contributed by atoms with Gasteiger partial charge in [0.2, 0.25) is 5.91 Å². The van der Waals surface area contributed by atoms with Crippen LogP contribution in [0, 0.1) is 11.3 Å². The molecule has 96 valence electrons. The number of hydrogen-bond acceptors (Lipinski definition) is 4. The summed E-state index contributed by atoms with van der Waals surface area (Å²) in [6.07, 6.45) is 0.893. The first kappa shape index (κ1) is 13.8. The van der Waals surface area contributed by atoms with Crippen LogP contribution in [0.1, 0.15) is 25.8 Å². The third kappa shape index (κ3) is 3.67. The minimum absolute atomic E-state index is 0.0846. The SMILES string of the molecule is CCCNC(=O)C(C)Nc1cc(C#N)ccc1N. The number of rotatable bonds is 5. The number of nitriles is 1. The standard InChI is InChI=1S/C13H18N4O/c1-3-6-16-13(18)9(2)17-12-7-10(8-14)4-5-11(12)15/h4-5,7,9,17H,3,6,15H2,1-2H3,(H,16,18). The molecule has 1 rings (SSSR count). The molecule has 1 aromatic carbocycles. The van der Waals surface area contributed by atoms with E-state index in [-0.39, 0.29) is 5.91 Å². The summed E-state index contributed by atoms with van der Waals surface area (Å²) in [4.78, 5) is 11.7. The average Bonchev–Trinajstić information content (AvgIpc) is 2.38. The minimum Gasteiger partial charge on any atom is -0.397 e. The molecule has 0 spiro atoms. The highest BCUT2D eigenvalue weighted by Crippen LogP contribution is 2.20. The largest absolute Gasteiger partial charge is 0.397 e. The molecule has 0 heterocycles. The monoisotopic (exact) mass is 246 g/mol. The first-order valence-electron chi connectivity index (χ1n) is 5.92. The number of amides is 1. The number of carbonyl (C=O) groups is 1. The number of nitrogens with zero attached hydrogens (tertiary/aromatic N) is 1. The Hall–Kier alpha value is -2.22. The van der Waals surface area contributed by atoms with Crippen LogP contribution in [0.25, 0.3) is 0 Å². The molecular formula is C13H18N4O. The summed E-state index contributed by atoms with van der Waals surface area (Å²) in [5.74, 6) is -0.0846. The second-order valence-electron chi connectivity index (χ2n) is 4.07. The topological polar surface area (TPSA) is 90.9 Å². The second kappa shape index (κ2) is 6.50. The molecule has 0 saturated heterocycles. The van der Waals surface area contributed by atoms with Crippen molar-refractivity contribution in [3.63, 3.8) is 0 Å². The van der Waals surface area contributed by atoms with Crippen molar-refractivity contribution in [2.24, 2.45) is 0 Å². The van der Waals surface area contributed by atoms with E-state index in [4.69, 9.17) is 11.0 Å². The predicted octanol–water partition coefficient (Wildman–Crippen LogP) is 1.47. The molecule has 0 aliphatic rings. The van der Waals surface area contributed by atoms with Gasteiger partial charge in [-0.3, -0.25) is 4.79 Å². The minimum atomic E-state index is -0.396. The summed E-state index contributed by atoms with van der Waals surface area (Å²) in [6, 6.07) is 6.57. The number of hydrogen-bond donors (Lipinski definition) is 3. The van der Waals surface area contributed by atoms with Crippen molar-refractivity contribution in [2.45, 2.75) is 26.3 Å². The Morgan fingerprint density at radius 3 is 2.89 bits per heavy atom. The van der Waals surface area contributed by atoms with Gasteiger partial charge in [0.1, 0.15) is 6.04 Å². The zero-order chi connectivity index (χ0) is 13.5. The Labute approximate surface area is 107 Å². The number of nitrogens with one attached hydrogen (secondary N) is 2. The highest BCUT2D eigenvalue weighted by molar-refractivity contribution is 5.85. The fourth-order valence-corrected chi connectivity index (χ4v) is 1.45. The summed E-state index contributed by atoms with van der Waals surface area (Å²) in [7, 11) is 0. The molecule has 18 heavy (non-hydrogen) atoms. The number of nitrogen functional groups attached to an aromatic ring is 1. The fourth-order valence-electron chi connectivity index (χ4n) is 1.45. The molecule has 1 amide bonds. The predicted molar refractivity (Wildman–Crippen MR) is 72.0 cm³/mol. The summed E-state index contributed by atoms with van der Waals surface area (Å²) < 4.78 is 0. The summed E-state index contributed by atoms with van der Waals surface area (Å²) in [5.41, 5.74) is 7.42. The van der Waals surface area contributed by atoms with Crippen LogP contribution < -0.4 is 16.4 Å². The van der Waals surface area contributed by atoms with Crippen LogP contribution in [0.3, 0.4) is 0 Å². The van der Waals surface area contributed by atoms with Crippen LogP contribution in [0.15, 0.2) is 18.2 Å². The fraction of sp³-hybridized carbons (Fsp3) is 0.385. The van der Waals surface area contributed by atoms with Crippen LogP contribution in [0.2, 0.25) is 0 Å². The molecule has 1 atom stereocenters. The third-order valence-corrected chi connectivity index (χ3v) is 2.50. The maximum absolute atomic E-state index is 11.7. The van der Waals surface area contributed by atoms with E-state index in [9.17, 15) is 4.79 Å². The summed E-state index contributed by atoms with van der Waals surface area (Å²) in [6.45, 7) is 4.40. The van der Waals surface area contributed by atoms with Crippen LogP contribution in [-0.4, -0.2) is 18.5 Å². The van der Waals surface area contributed by atoms with E-state index in [1.807, 2.05) is 13.0 Å². The Balaban J connectivity index is 2.72. The first-order chi connectivity index (χ1) is 8.58. The molecule has 5 nitrogen and oxygen atoms in total. The number of nitrogens with two attached hydrogens (primary N) is 1. The van der Waals surface area contributed by atoms with Crippen molar-refractivity contribution < 1.29 is 4.79 Å². The van der Waals surface area contributed by atoms with E-state index in [0.717, 1.165) is 6.42 Å². The van der Waals surface area contributed by atoms with E-state index in [2.05, 4.69) is 10.6 Å². The normalized spacial score (nSPS) is 11.4. The van der Waals surface area contributed by atoms with Crippen molar-refractivity contribution in [1.82, 2.24) is 5.32 Å². The quantitative estimate of drug-likeness (QED) is 0.686. The van der Waals surface area contributed by atoms with Gasteiger partial charge in [0.05, 0.1) is 23.0 Å². The van der Waals surface area contributed by atoms with Gasteiger partial charge in [-0.25, -0.2) is 0 Å². The number of carbonyl (C=O) groups excluding carboxylic acids is 1. The lowest BCUT2D eigenvalue weighted by Gasteiger charge is -2.16. The maximum Gasteiger partial charge on any atom is 0.242 e. The van der Waals surface area contributed by atoms with Crippen LogP contribution in [-0.2, 0) is 4.79 Å². The lowest BCUT2D eigenvalue weighted by molar-refractivity contribution is -0.121. The van der Waals surface area contributed by atoms with Gasteiger partial charge in [-0.1, -0.05) is 6.92 Å². The Morgan fingerprint density at radius 1 is 1.56 bits per heavy atom. The highest BCUT2D eigenvalue weighted by Gasteiger charge is 2.13. The lowest BCUT2D eigenvalue weighted by atomic mass is 10.1. The van der Waals surface area contributed by atoms with E-state index >= 15 is 0 Å². The van der Waals surface area contributed by atoms with Gasteiger partial charge < -0.3 is 16.4 Å². The van der Waals surface area contributed by atoms with Gasteiger partial charge in [-0.05, 0) is 31.5 Å². The molecule has 0 radical (unpaired) electrons. The van der Waals surface area contributed by atoms with Crippen LogP contribution >= 0.6 is 0 Å². The molecule has 0 saturated carbocycles. The molecule has 0 aromatic heterocycles. The molecule has 0 fully saturated rings. The number of benzene rings is 1. The van der Waals surface area contributed by atoms with Crippen molar-refractivity contribution in [1.29, 1.82) is 5.26 Å². The second-order valence-corrected chi connectivity index (χ2v) is 4.07. The summed E-state index contributed by atoms with van der Waals surface area (Å²) >= 11 is 0. The molecule has 4 N–H and O–H groups in total. The molecule has 5 heteroatoms. The van der Waals surface area contributed by atoms with Gasteiger partial charge >= 0.3 is 0 Å².